The first-order valence-corrected chi connectivity index (χ1v) is 7.43. The second kappa shape index (κ2) is 6.82. The maximum absolute atomic E-state index is 12.0. The predicted molar refractivity (Wildman–Crippen MR) is 83.8 cm³/mol. The third kappa shape index (κ3) is 3.70. The molecule has 1 amide bonds. The Morgan fingerprint density at radius 1 is 1.35 bits per heavy atom. The molecule has 2 rings (SSSR count). The number of hydrogen-bond acceptors (Lipinski definition) is 4. The Morgan fingerprint density at radius 3 is 2.61 bits per heavy atom. The fraction of sp³-hybridized carbons (Fsp3) is 0.429. The summed E-state index contributed by atoms with van der Waals surface area (Å²) in [5.74, 6) is -1.69. The molecule has 0 bridgehead atoms. The number of nitrogens with zero attached hydrogens (tertiary/aromatic N) is 4. The van der Waals surface area contributed by atoms with Gasteiger partial charge in [-0.25, -0.2) is 4.79 Å². The number of amides is 1. The topological polar surface area (TPSA) is 102 Å². The van der Waals surface area contributed by atoms with Gasteiger partial charge in [0, 0.05) is 26.3 Å². The third-order valence-corrected chi connectivity index (χ3v) is 3.95. The largest absolute Gasteiger partial charge is 0.478 e. The summed E-state index contributed by atoms with van der Waals surface area (Å²) in [6, 6.07) is 0. The van der Waals surface area contributed by atoms with E-state index in [4.69, 9.17) is 16.7 Å². The minimum atomic E-state index is -1.18. The number of nitrogens with one attached hydrogen (secondary N) is 1. The minimum absolute atomic E-state index is 0.0887. The van der Waals surface area contributed by atoms with Crippen molar-refractivity contribution in [3.63, 3.8) is 0 Å². The predicted octanol–water partition coefficient (Wildman–Crippen LogP) is 1.41. The average Bonchev–Trinajstić information content (AvgIpc) is 3.00. The molecule has 0 saturated carbocycles. The molecular formula is C14H18ClN5O3. The van der Waals surface area contributed by atoms with Crippen molar-refractivity contribution in [3.05, 3.63) is 33.9 Å². The molecule has 0 spiro atoms. The molecule has 0 saturated heterocycles. The zero-order valence-electron chi connectivity index (χ0n) is 13.1. The zero-order chi connectivity index (χ0) is 17.1. The van der Waals surface area contributed by atoms with Crippen LogP contribution in [0.25, 0.3) is 0 Å². The van der Waals surface area contributed by atoms with Crippen molar-refractivity contribution in [2.75, 3.05) is 6.54 Å². The minimum Gasteiger partial charge on any atom is -0.478 e. The normalized spacial score (nSPS) is 10.8. The van der Waals surface area contributed by atoms with Crippen molar-refractivity contribution in [1.82, 2.24) is 24.9 Å². The number of carboxylic acids is 1. The van der Waals surface area contributed by atoms with Gasteiger partial charge < -0.3 is 10.4 Å². The van der Waals surface area contributed by atoms with E-state index in [2.05, 4.69) is 15.5 Å². The Morgan fingerprint density at radius 2 is 2.04 bits per heavy atom. The molecule has 0 aliphatic heterocycles. The van der Waals surface area contributed by atoms with Gasteiger partial charge in [0.05, 0.1) is 16.4 Å². The quantitative estimate of drug-likeness (QED) is 0.775. The summed E-state index contributed by atoms with van der Waals surface area (Å²) >= 11 is 6.07. The lowest BCUT2D eigenvalue weighted by atomic mass is 10.2. The molecule has 0 aliphatic rings. The average molecular weight is 340 g/mol. The van der Waals surface area contributed by atoms with Crippen LogP contribution in [0, 0.1) is 13.8 Å². The second-order valence-corrected chi connectivity index (χ2v) is 5.57. The second-order valence-electron chi connectivity index (χ2n) is 5.19. The molecule has 0 atom stereocenters. The fourth-order valence-electron chi connectivity index (χ4n) is 2.22. The van der Waals surface area contributed by atoms with Gasteiger partial charge in [-0.2, -0.15) is 10.2 Å². The van der Waals surface area contributed by atoms with Gasteiger partial charge in [0.15, 0.2) is 5.69 Å². The summed E-state index contributed by atoms with van der Waals surface area (Å²) in [5.41, 5.74) is 1.45. The molecule has 2 heterocycles. The van der Waals surface area contributed by atoms with E-state index in [9.17, 15) is 9.59 Å². The summed E-state index contributed by atoms with van der Waals surface area (Å²) in [5, 5.41) is 20.6. The molecule has 0 unspecified atom stereocenters. The molecule has 124 valence electrons. The van der Waals surface area contributed by atoms with E-state index in [0.717, 1.165) is 11.4 Å². The van der Waals surface area contributed by atoms with E-state index in [1.54, 1.807) is 11.7 Å². The van der Waals surface area contributed by atoms with Crippen LogP contribution in [0.5, 0.6) is 0 Å². The molecule has 2 aromatic rings. The SMILES string of the molecule is Cc1nn(CCCNC(=O)c2nn(C)cc2C(=O)O)c(C)c1Cl. The van der Waals surface area contributed by atoms with Crippen LogP contribution in [0.15, 0.2) is 6.20 Å². The smallest absolute Gasteiger partial charge is 0.339 e. The highest BCUT2D eigenvalue weighted by atomic mass is 35.5. The lowest BCUT2D eigenvalue weighted by molar-refractivity contribution is 0.0691. The van der Waals surface area contributed by atoms with Crippen molar-refractivity contribution in [1.29, 1.82) is 0 Å². The number of carbonyl (C=O) groups excluding carboxylic acids is 1. The van der Waals surface area contributed by atoms with Crippen LogP contribution < -0.4 is 5.32 Å². The van der Waals surface area contributed by atoms with E-state index in [0.29, 0.717) is 24.5 Å². The number of carboxylic acid groups (broad SMARTS) is 1. The maximum atomic E-state index is 12.0. The Balaban J connectivity index is 1.90. The van der Waals surface area contributed by atoms with E-state index in [1.165, 1.54) is 10.9 Å². The fourth-order valence-corrected chi connectivity index (χ4v) is 2.36. The molecule has 9 heteroatoms. The molecule has 0 fully saturated rings. The van der Waals surface area contributed by atoms with Gasteiger partial charge in [-0.15, -0.1) is 0 Å². The van der Waals surface area contributed by atoms with Crippen LogP contribution in [0.1, 0.15) is 38.7 Å². The van der Waals surface area contributed by atoms with Crippen LogP contribution in [-0.4, -0.2) is 43.1 Å². The van der Waals surface area contributed by atoms with Gasteiger partial charge in [-0.1, -0.05) is 11.6 Å². The van der Waals surface area contributed by atoms with Crippen LogP contribution >= 0.6 is 11.6 Å². The summed E-state index contributed by atoms with van der Waals surface area (Å²) in [7, 11) is 1.57. The summed E-state index contributed by atoms with van der Waals surface area (Å²) < 4.78 is 3.09. The van der Waals surface area contributed by atoms with E-state index < -0.39 is 11.9 Å². The third-order valence-electron chi connectivity index (χ3n) is 3.40. The summed E-state index contributed by atoms with van der Waals surface area (Å²) in [4.78, 5) is 23.1. The molecule has 2 N–H and O–H groups in total. The first kappa shape index (κ1) is 17.0. The van der Waals surface area contributed by atoms with Crippen LogP contribution in [0.4, 0.5) is 0 Å². The number of aromatic carboxylic acids is 1. The molecular weight excluding hydrogens is 322 g/mol. The highest BCUT2D eigenvalue weighted by molar-refractivity contribution is 6.31. The van der Waals surface area contributed by atoms with Crippen molar-refractivity contribution in [2.45, 2.75) is 26.8 Å². The molecule has 23 heavy (non-hydrogen) atoms. The van der Waals surface area contributed by atoms with Gasteiger partial charge in [-0.05, 0) is 20.3 Å². The summed E-state index contributed by atoms with van der Waals surface area (Å²) in [6.45, 7) is 4.70. The Hall–Kier alpha value is -2.35. The maximum Gasteiger partial charge on any atom is 0.339 e. The van der Waals surface area contributed by atoms with Crippen molar-refractivity contribution < 1.29 is 14.7 Å². The van der Waals surface area contributed by atoms with Gasteiger partial charge in [0.2, 0.25) is 0 Å². The number of aryl methyl sites for hydroxylation is 3. The standard InChI is InChI=1S/C14H18ClN5O3/c1-8-11(15)9(2)20(17-8)6-4-5-16-13(21)12-10(14(22)23)7-19(3)18-12/h7H,4-6H2,1-3H3,(H,16,21)(H,22,23). The first-order valence-electron chi connectivity index (χ1n) is 7.06. The number of carbonyl (C=O) groups is 2. The lowest BCUT2D eigenvalue weighted by Crippen LogP contribution is -2.27. The van der Waals surface area contributed by atoms with E-state index in [-0.39, 0.29) is 11.3 Å². The highest BCUT2D eigenvalue weighted by Crippen LogP contribution is 2.18. The number of hydrogen-bond donors (Lipinski definition) is 2. The summed E-state index contributed by atoms with van der Waals surface area (Å²) in [6.07, 6.45) is 1.94. The number of halogens is 1. The Kier molecular flexibility index (Phi) is 5.05. The number of aromatic nitrogens is 4. The van der Waals surface area contributed by atoms with Crippen molar-refractivity contribution in [3.8, 4) is 0 Å². The van der Waals surface area contributed by atoms with Gasteiger partial charge in [0.1, 0.15) is 5.56 Å². The Bertz CT molecular complexity index is 750. The highest BCUT2D eigenvalue weighted by Gasteiger charge is 2.20. The van der Waals surface area contributed by atoms with Gasteiger partial charge >= 0.3 is 5.97 Å². The monoisotopic (exact) mass is 339 g/mol. The van der Waals surface area contributed by atoms with Crippen molar-refractivity contribution in [2.24, 2.45) is 7.05 Å². The van der Waals surface area contributed by atoms with Gasteiger partial charge in [0.25, 0.3) is 5.91 Å². The lowest BCUT2D eigenvalue weighted by Gasteiger charge is -2.06. The van der Waals surface area contributed by atoms with Crippen LogP contribution in [0.2, 0.25) is 5.02 Å². The first-order chi connectivity index (χ1) is 10.8. The van der Waals surface area contributed by atoms with Crippen molar-refractivity contribution >= 4 is 23.5 Å². The van der Waals surface area contributed by atoms with E-state index >= 15 is 0 Å². The van der Waals surface area contributed by atoms with Gasteiger partial charge in [-0.3, -0.25) is 14.2 Å². The van der Waals surface area contributed by atoms with E-state index in [1.807, 2.05) is 13.8 Å². The molecule has 0 radical (unpaired) electrons. The molecule has 8 nitrogen and oxygen atoms in total. The molecule has 2 aromatic heterocycles. The molecule has 0 aliphatic carbocycles. The molecule has 0 aromatic carbocycles. The zero-order valence-corrected chi connectivity index (χ0v) is 13.9. The van der Waals surface area contributed by atoms with Crippen LogP contribution in [0.3, 0.4) is 0 Å². The Labute approximate surface area is 138 Å². The van der Waals surface area contributed by atoms with Crippen LogP contribution in [-0.2, 0) is 13.6 Å². The number of rotatable bonds is 6.